The standard InChI is InChI=1S/C16H26N2O/c1-13(17)15-8-3-4-9-16(15)19-12-10-14-7-5-6-11-18(14)2/h3-4,8-9,13-14H,5-7,10-12,17H2,1-2H3/t13-,14?/m1/s1. The largest absolute Gasteiger partial charge is 0.493 e. The zero-order chi connectivity index (χ0) is 13.7. The second kappa shape index (κ2) is 6.92. The number of rotatable bonds is 5. The van der Waals surface area contributed by atoms with Crippen LogP contribution in [0.2, 0.25) is 0 Å². The molecule has 2 rings (SSSR count). The number of likely N-dealkylation sites (tertiary alicyclic amines) is 1. The van der Waals surface area contributed by atoms with Gasteiger partial charge in [-0.1, -0.05) is 24.6 Å². The van der Waals surface area contributed by atoms with E-state index in [0.717, 1.165) is 24.3 Å². The zero-order valence-corrected chi connectivity index (χ0v) is 12.1. The highest BCUT2D eigenvalue weighted by atomic mass is 16.5. The van der Waals surface area contributed by atoms with Gasteiger partial charge in [0.15, 0.2) is 0 Å². The summed E-state index contributed by atoms with van der Waals surface area (Å²) in [5.41, 5.74) is 7.06. The quantitative estimate of drug-likeness (QED) is 0.886. The van der Waals surface area contributed by atoms with Crippen molar-refractivity contribution in [3.8, 4) is 5.75 Å². The lowest BCUT2D eigenvalue weighted by atomic mass is 10.0. The van der Waals surface area contributed by atoms with E-state index in [1.807, 2.05) is 31.2 Å². The van der Waals surface area contributed by atoms with Gasteiger partial charge in [0.25, 0.3) is 0 Å². The van der Waals surface area contributed by atoms with Crippen molar-refractivity contribution in [2.24, 2.45) is 5.73 Å². The summed E-state index contributed by atoms with van der Waals surface area (Å²) in [4.78, 5) is 2.46. The molecule has 0 saturated carbocycles. The minimum atomic E-state index is 0.0218. The molecule has 1 aliphatic heterocycles. The molecule has 1 saturated heterocycles. The molecule has 0 bridgehead atoms. The van der Waals surface area contributed by atoms with Crippen LogP contribution in [0.5, 0.6) is 5.75 Å². The normalized spacial score (nSPS) is 22.2. The molecule has 0 aliphatic carbocycles. The van der Waals surface area contributed by atoms with E-state index in [0.29, 0.717) is 6.04 Å². The fourth-order valence-electron chi connectivity index (χ4n) is 2.80. The maximum Gasteiger partial charge on any atom is 0.124 e. The van der Waals surface area contributed by atoms with Crippen LogP contribution in [-0.4, -0.2) is 31.1 Å². The lowest BCUT2D eigenvalue weighted by Crippen LogP contribution is -2.37. The maximum absolute atomic E-state index is 5.96. The summed E-state index contributed by atoms with van der Waals surface area (Å²) in [6, 6.07) is 8.79. The molecule has 1 unspecified atom stereocenters. The van der Waals surface area contributed by atoms with Crippen LogP contribution in [0.1, 0.15) is 44.2 Å². The lowest BCUT2D eigenvalue weighted by Gasteiger charge is -2.32. The highest BCUT2D eigenvalue weighted by Gasteiger charge is 2.18. The monoisotopic (exact) mass is 262 g/mol. The van der Waals surface area contributed by atoms with Crippen molar-refractivity contribution in [1.29, 1.82) is 0 Å². The number of benzene rings is 1. The Morgan fingerprint density at radius 3 is 2.89 bits per heavy atom. The summed E-state index contributed by atoms with van der Waals surface area (Å²) in [6.45, 7) is 4.00. The van der Waals surface area contributed by atoms with Crippen molar-refractivity contribution in [2.45, 2.75) is 44.7 Å². The number of nitrogens with zero attached hydrogens (tertiary/aromatic N) is 1. The van der Waals surface area contributed by atoms with Crippen LogP contribution in [0.3, 0.4) is 0 Å². The minimum Gasteiger partial charge on any atom is -0.493 e. The van der Waals surface area contributed by atoms with Crippen LogP contribution in [0.15, 0.2) is 24.3 Å². The number of para-hydroxylation sites is 1. The summed E-state index contributed by atoms with van der Waals surface area (Å²) < 4.78 is 5.94. The second-order valence-corrected chi connectivity index (χ2v) is 5.59. The van der Waals surface area contributed by atoms with Gasteiger partial charge in [0.1, 0.15) is 5.75 Å². The van der Waals surface area contributed by atoms with E-state index in [9.17, 15) is 0 Å². The lowest BCUT2D eigenvalue weighted by molar-refractivity contribution is 0.152. The molecule has 2 N–H and O–H groups in total. The molecule has 3 heteroatoms. The fraction of sp³-hybridized carbons (Fsp3) is 0.625. The second-order valence-electron chi connectivity index (χ2n) is 5.59. The Morgan fingerprint density at radius 2 is 2.16 bits per heavy atom. The molecule has 1 aromatic rings. The van der Waals surface area contributed by atoms with E-state index in [-0.39, 0.29) is 6.04 Å². The molecule has 0 spiro atoms. The van der Waals surface area contributed by atoms with Gasteiger partial charge < -0.3 is 15.4 Å². The van der Waals surface area contributed by atoms with Crippen LogP contribution < -0.4 is 10.5 Å². The minimum absolute atomic E-state index is 0.0218. The van der Waals surface area contributed by atoms with Gasteiger partial charge in [-0.25, -0.2) is 0 Å². The van der Waals surface area contributed by atoms with Crippen molar-refractivity contribution in [3.63, 3.8) is 0 Å². The van der Waals surface area contributed by atoms with Crippen LogP contribution in [-0.2, 0) is 0 Å². The Hall–Kier alpha value is -1.06. The molecule has 1 fully saturated rings. The molecule has 0 amide bonds. The Bertz CT molecular complexity index is 392. The summed E-state index contributed by atoms with van der Waals surface area (Å²) in [6.07, 6.45) is 5.09. The summed E-state index contributed by atoms with van der Waals surface area (Å²) >= 11 is 0. The first-order valence-electron chi connectivity index (χ1n) is 7.36. The third-order valence-corrected chi connectivity index (χ3v) is 4.04. The van der Waals surface area contributed by atoms with E-state index in [1.165, 1.54) is 25.8 Å². The predicted molar refractivity (Wildman–Crippen MR) is 79.4 cm³/mol. The molecule has 1 aliphatic rings. The molecule has 3 nitrogen and oxygen atoms in total. The maximum atomic E-state index is 5.96. The van der Waals surface area contributed by atoms with E-state index >= 15 is 0 Å². The van der Waals surface area contributed by atoms with Crippen molar-refractivity contribution in [1.82, 2.24) is 4.90 Å². The fourth-order valence-corrected chi connectivity index (χ4v) is 2.80. The van der Waals surface area contributed by atoms with Crippen molar-refractivity contribution in [2.75, 3.05) is 20.2 Å². The highest BCUT2D eigenvalue weighted by molar-refractivity contribution is 5.35. The van der Waals surface area contributed by atoms with Gasteiger partial charge in [0, 0.05) is 17.6 Å². The van der Waals surface area contributed by atoms with Crippen LogP contribution in [0, 0.1) is 0 Å². The first-order valence-corrected chi connectivity index (χ1v) is 7.36. The van der Waals surface area contributed by atoms with Crippen LogP contribution in [0.25, 0.3) is 0 Å². The molecule has 2 atom stereocenters. The first-order chi connectivity index (χ1) is 9.18. The van der Waals surface area contributed by atoms with E-state index < -0.39 is 0 Å². The average Bonchev–Trinajstić information content (AvgIpc) is 2.41. The third kappa shape index (κ3) is 3.95. The van der Waals surface area contributed by atoms with Gasteiger partial charge in [-0.15, -0.1) is 0 Å². The SMILES string of the molecule is C[C@@H](N)c1ccccc1OCCC1CCCCN1C. The topological polar surface area (TPSA) is 38.5 Å². The summed E-state index contributed by atoms with van der Waals surface area (Å²) in [5, 5.41) is 0. The smallest absolute Gasteiger partial charge is 0.124 e. The molecular formula is C16H26N2O. The third-order valence-electron chi connectivity index (χ3n) is 4.04. The number of ether oxygens (including phenoxy) is 1. The first kappa shape index (κ1) is 14.4. The average molecular weight is 262 g/mol. The number of piperidine rings is 1. The number of hydrogen-bond acceptors (Lipinski definition) is 3. The predicted octanol–water partition coefficient (Wildman–Crippen LogP) is 2.96. The molecule has 1 heterocycles. The van der Waals surface area contributed by atoms with Crippen molar-refractivity contribution < 1.29 is 4.74 Å². The molecule has 0 aromatic heterocycles. The number of hydrogen-bond donors (Lipinski definition) is 1. The summed E-state index contributed by atoms with van der Waals surface area (Å²) in [5.74, 6) is 0.941. The Kier molecular flexibility index (Phi) is 5.23. The van der Waals surface area contributed by atoms with E-state index in [1.54, 1.807) is 0 Å². The summed E-state index contributed by atoms with van der Waals surface area (Å²) in [7, 11) is 2.22. The van der Waals surface area contributed by atoms with E-state index in [4.69, 9.17) is 10.5 Å². The van der Waals surface area contributed by atoms with E-state index in [2.05, 4.69) is 11.9 Å². The molecule has 19 heavy (non-hydrogen) atoms. The molecule has 106 valence electrons. The molecular weight excluding hydrogens is 236 g/mol. The van der Waals surface area contributed by atoms with Crippen molar-refractivity contribution in [3.05, 3.63) is 29.8 Å². The Morgan fingerprint density at radius 1 is 1.37 bits per heavy atom. The van der Waals surface area contributed by atoms with Crippen LogP contribution >= 0.6 is 0 Å². The number of nitrogens with two attached hydrogens (primary N) is 1. The van der Waals surface area contributed by atoms with Gasteiger partial charge in [0.05, 0.1) is 6.61 Å². The van der Waals surface area contributed by atoms with Gasteiger partial charge in [-0.05, 0) is 45.8 Å². The van der Waals surface area contributed by atoms with Gasteiger partial charge >= 0.3 is 0 Å². The Labute approximate surface area is 116 Å². The van der Waals surface area contributed by atoms with Crippen LogP contribution in [0.4, 0.5) is 0 Å². The highest BCUT2D eigenvalue weighted by Crippen LogP contribution is 2.24. The van der Waals surface area contributed by atoms with Crippen molar-refractivity contribution >= 4 is 0 Å². The van der Waals surface area contributed by atoms with Gasteiger partial charge in [-0.3, -0.25) is 0 Å². The van der Waals surface area contributed by atoms with Gasteiger partial charge in [0.2, 0.25) is 0 Å². The zero-order valence-electron chi connectivity index (χ0n) is 12.1. The van der Waals surface area contributed by atoms with Gasteiger partial charge in [-0.2, -0.15) is 0 Å². The molecule has 1 aromatic carbocycles. The Balaban J connectivity index is 1.85. The molecule has 0 radical (unpaired) electrons.